The molecule has 0 heterocycles. The molecule has 0 saturated carbocycles. The average Bonchev–Trinajstić information content (AvgIpc) is 2.81. The molecule has 0 aromatic heterocycles. The van der Waals surface area contributed by atoms with E-state index in [1.54, 1.807) is 24.3 Å². The van der Waals surface area contributed by atoms with E-state index in [1.807, 2.05) is 72.8 Å². The number of aromatic carboxylic acids is 2. The van der Waals surface area contributed by atoms with Crippen molar-refractivity contribution in [1.82, 2.24) is 0 Å². The van der Waals surface area contributed by atoms with Crippen LogP contribution in [0.15, 0.2) is 109 Å². The van der Waals surface area contributed by atoms with E-state index in [4.69, 9.17) is 0 Å². The van der Waals surface area contributed by atoms with Crippen LogP contribution in [0, 0.1) is 0 Å². The van der Waals surface area contributed by atoms with E-state index in [0.717, 1.165) is 22.3 Å². The van der Waals surface area contributed by atoms with Crippen LogP contribution in [0.1, 0.15) is 20.7 Å². The molecular formula is C26H18CuO4. The predicted molar refractivity (Wildman–Crippen MR) is 112 cm³/mol. The van der Waals surface area contributed by atoms with Gasteiger partial charge < -0.3 is 19.8 Å². The second-order valence-electron chi connectivity index (χ2n) is 6.47. The minimum absolute atomic E-state index is 0. The van der Waals surface area contributed by atoms with Crippen molar-refractivity contribution in [2.75, 3.05) is 0 Å². The Morgan fingerprint density at radius 3 is 1.10 bits per heavy atom. The van der Waals surface area contributed by atoms with Crippen LogP contribution in [0.5, 0.6) is 0 Å². The molecular weight excluding hydrogens is 440 g/mol. The van der Waals surface area contributed by atoms with Crippen molar-refractivity contribution >= 4 is 11.9 Å². The van der Waals surface area contributed by atoms with Crippen LogP contribution in [0.25, 0.3) is 22.3 Å². The first-order chi connectivity index (χ1) is 14.5. The van der Waals surface area contributed by atoms with Gasteiger partial charge in [-0.05, 0) is 45.5 Å². The number of hydrogen-bond donors (Lipinski definition) is 0. The van der Waals surface area contributed by atoms with Crippen molar-refractivity contribution in [3.05, 3.63) is 120 Å². The molecule has 0 unspecified atom stereocenters. The number of carboxylic acid groups (broad SMARTS) is 2. The molecule has 5 heteroatoms. The van der Waals surface area contributed by atoms with E-state index < -0.39 is 11.9 Å². The SMILES string of the molecule is O=C([O-])c1cccc(-c2ccccc2)c1.O=C([O-])c1cccc(-c2ccccc2)c1.[Cu+2]. The number of carboxylic acids is 2. The van der Waals surface area contributed by atoms with Crippen LogP contribution in [0.2, 0.25) is 0 Å². The Morgan fingerprint density at radius 2 is 0.774 bits per heavy atom. The van der Waals surface area contributed by atoms with E-state index >= 15 is 0 Å². The molecule has 0 N–H and O–H groups in total. The van der Waals surface area contributed by atoms with E-state index in [1.165, 1.54) is 12.1 Å². The summed E-state index contributed by atoms with van der Waals surface area (Å²) < 4.78 is 0. The summed E-state index contributed by atoms with van der Waals surface area (Å²) in [5.41, 5.74) is 4.18. The summed E-state index contributed by atoms with van der Waals surface area (Å²) in [7, 11) is 0. The smallest absolute Gasteiger partial charge is 0.545 e. The molecule has 0 amide bonds. The largest absolute Gasteiger partial charge is 2.00 e. The molecule has 0 saturated heterocycles. The van der Waals surface area contributed by atoms with Gasteiger partial charge in [0.25, 0.3) is 0 Å². The van der Waals surface area contributed by atoms with E-state index in [0.29, 0.717) is 0 Å². The van der Waals surface area contributed by atoms with Crippen molar-refractivity contribution in [2.45, 2.75) is 0 Å². The predicted octanol–water partition coefficient (Wildman–Crippen LogP) is 3.43. The van der Waals surface area contributed by atoms with Gasteiger partial charge in [0.1, 0.15) is 0 Å². The van der Waals surface area contributed by atoms with Crippen molar-refractivity contribution in [3.63, 3.8) is 0 Å². The second-order valence-corrected chi connectivity index (χ2v) is 6.47. The van der Waals surface area contributed by atoms with Gasteiger partial charge in [-0.2, -0.15) is 0 Å². The Balaban J connectivity index is 0.000000213. The molecule has 1 radical (unpaired) electrons. The Morgan fingerprint density at radius 1 is 0.452 bits per heavy atom. The molecule has 4 aromatic rings. The topological polar surface area (TPSA) is 80.3 Å². The summed E-state index contributed by atoms with van der Waals surface area (Å²) in [6, 6.07) is 32.7. The van der Waals surface area contributed by atoms with Gasteiger partial charge in [0.15, 0.2) is 0 Å². The van der Waals surface area contributed by atoms with Crippen LogP contribution in [0.4, 0.5) is 0 Å². The molecule has 0 aliphatic carbocycles. The minimum Gasteiger partial charge on any atom is -0.545 e. The first kappa shape index (κ1) is 23.6. The molecule has 4 rings (SSSR count). The van der Waals surface area contributed by atoms with Crippen LogP contribution in [-0.4, -0.2) is 11.9 Å². The zero-order valence-electron chi connectivity index (χ0n) is 16.3. The van der Waals surface area contributed by atoms with Gasteiger partial charge in [-0.1, -0.05) is 97.1 Å². The maximum atomic E-state index is 10.7. The van der Waals surface area contributed by atoms with Crippen molar-refractivity contribution in [3.8, 4) is 22.3 Å². The Labute approximate surface area is 191 Å². The van der Waals surface area contributed by atoms with Gasteiger partial charge in [-0.25, -0.2) is 0 Å². The zero-order chi connectivity index (χ0) is 21.3. The number of hydrogen-bond acceptors (Lipinski definition) is 4. The molecule has 0 fully saturated rings. The maximum Gasteiger partial charge on any atom is 2.00 e. The molecule has 0 spiro atoms. The summed E-state index contributed by atoms with van der Waals surface area (Å²) in [5, 5.41) is 21.3. The van der Waals surface area contributed by atoms with E-state index in [9.17, 15) is 19.8 Å². The van der Waals surface area contributed by atoms with Gasteiger partial charge in [0.05, 0.1) is 11.9 Å². The van der Waals surface area contributed by atoms with Gasteiger partial charge in [0.2, 0.25) is 0 Å². The van der Waals surface area contributed by atoms with Gasteiger partial charge in [-0.15, -0.1) is 0 Å². The average molecular weight is 458 g/mol. The first-order valence-electron chi connectivity index (χ1n) is 9.28. The van der Waals surface area contributed by atoms with Crippen molar-refractivity contribution in [1.29, 1.82) is 0 Å². The summed E-state index contributed by atoms with van der Waals surface area (Å²) in [4.78, 5) is 21.3. The Hall–Kier alpha value is -3.66. The van der Waals surface area contributed by atoms with Crippen molar-refractivity contribution in [2.24, 2.45) is 0 Å². The fraction of sp³-hybridized carbons (Fsp3) is 0. The monoisotopic (exact) mass is 457 g/mol. The molecule has 4 aromatic carbocycles. The summed E-state index contributed by atoms with van der Waals surface area (Å²) in [5.74, 6) is -2.29. The fourth-order valence-electron chi connectivity index (χ4n) is 2.91. The third-order valence-electron chi connectivity index (χ3n) is 4.41. The first-order valence-corrected chi connectivity index (χ1v) is 9.28. The number of carbonyl (C=O) groups excluding carboxylic acids is 2. The standard InChI is InChI=1S/2C13H10O2.Cu/c2*14-13(15)12-8-4-7-11(9-12)10-5-2-1-3-6-10;/h2*1-9H,(H,14,15);/q;;+2/p-2. The summed E-state index contributed by atoms with van der Waals surface area (Å²) >= 11 is 0. The fourth-order valence-corrected chi connectivity index (χ4v) is 2.91. The van der Waals surface area contributed by atoms with E-state index in [2.05, 4.69) is 0 Å². The normalized spacial score (nSPS) is 9.55. The third-order valence-corrected chi connectivity index (χ3v) is 4.41. The molecule has 157 valence electrons. The minimum atomic E-state index is -1.15. The van der Waals surface area contributed by atoms with Crippen molar-refractivity contribution < 1.29 is 36.9 Å². The molecule has 31 heavy (non-hydrogen) atoms. The molecule has 4 nitrogen and oxygen atoms in total. The maximum absolute atomic E-state index is 10.7. The Kier molecular flexibility index (Phi) is 8.77. The molecule has 0 bridgehead atoms. The van der Waals surface area contributed by atoms with Gasteiger partial charge >= 0.3 is 17.1 Å². The van der Waals surface area contributed by atoms with Crippen LogP contribution >= 0.6 is 0 Å². The molecule has 0 aliphatic heterocycles. The number of rotatable bonds is 4. The van der Waals surface area contributed by atoms with Crippen LogP contribution < -0.4 is 10.2 Å². The number of benzene rings is 4. The molecule has 0 atom stereocenters. The van der Waals surface area contributed by atoms with E-state index in [-0.39, 0.29) is 28.2 Å². The third kappa shape index (κ3) is 6.68. The quantitative estimate of drug-likeness (QED) is 0.440. The Bertz CT molecular complexity index is 1050. The number of carbonyl (C=O) groups is 2. The summed E-state index contributed by atoms with van der Waals surface area (Å²) in [6.45, 7) is 0. The van der Waals surface area contributed by atoms with Crippen LogP contribution in [0.3, 0.4) is 0 Å². The zero-order valence-corrected chi connectivity index (χ0v) is 17.3. The summed E-state index contributed by atoms with van der Waals surface area (Å²) in [6.07, 6.45) is 0. The van der Waals surface area contributed by atoms with Crippen LogP contribution in [-0.2, 0) is 17.1 Å². The second kappa shape index (κ2) is 11.5. The molecule has 0 aliphatic rings. The van der Waals surface area contributed by atoms with Gasteiger partial charge in [-0.3, -0.25) is 0 Å². The van der Waals surface area contributed by atoms with Gasteiger partial charge in [0, 0.05) is 0 Å².